The second-order valence-electron chi connectivity index (χ2n) is 6.00. The average Bonchev–Trinajstić information content (AvgIpc) is 2.21. The lowest BCUT2D eigenvalue weighted by molar-refractivity contribution is -0.137. The minimum atomic E-state index is -0.0319. The molecule has 1 saturated heterocycles. The summed E-state index contributed by atoms with van der Waals surface area (Å²) < 4.78 is 5.94. The van der Waals surface area contributed by atoms with Gasteiger partial charge in [-0.15, -0.1) is 0 Å². The van der Waals surface area contributed by atoms with Crippen LogP contribution in [-0.4, -0.2) is 42.3 Å². The highest BCUT2D eigenvalue weighted by Crippen LogP contribution is 2.23. The van der Waals surface area contributed by atoms with Gasteiger partial charge in [0.15, 0.2) is 0 Å². The maximum absolute atomic E-state index is 5.94. The van der Waals surface area contributed by atoms with Crippen molar-refractivity contribution >= 4 is 0 Å². The van der Waals surface area contributed by atoms with Crippen LogP contribution in [-0.2, 0) is 4.74 Å². The van der Waals surface area contributed by atoms with Crippen LogP contribution >= 0.6 is 0 Å². The Bertz CT molecular complexity index is 218. The fourth-order valence-corrected chi connectivity index (χ4v) is 2.86. The first-order valence-corrected chi connectivity index (χ1v) is 7.10. The summed E-state index contributed by atoms with van der Waals surface area (Å²) in [6.07, 6.45) is 5.44. The Morgan fingerprint density at radius 2 is 2.12 bits per heavy atom. The highest BCUT2D eigenvalue weighted by Gasteiger charge is 2.33. The molecule has 102 valence electrons. The van der Waals surface area contributed by atoms with Crippen LogP contribution in [0.4, 0.5) is 0 Å². The van der Waals surface area contributed by atoms with Crippen molar-refractivity contribution in [2.24, 2.45) is 5.73 Å². The van der Waals surface area contributed by atoms with E-state index in [0.29, 0.717) is 12.1 Å². The molecule has 0 spiro atoms. The Balaban J connectivity index is 2.49. The Hall–Kier alpha value is -0.120. The van der Waals surface area contributed by atoms with Gasteiger partial charge < -0.3 is 10.5 Å². The Morgan fingerprint density at radius 3 is 2.65 bits per heavy atom. The molecule has 0 bridgehead atoms. The van der Waals surface area contributed by atoms with Crippen LogP contribution in [0.15, 0.2) is 0 Å². The second kappa shape index (κ2) is 6.72. The SMILES string of the molecule is CCCCCC(CN)N1CC(C)OC(C)(C)C1. The number of nitrogens with two attached hydrogens (primary N) is 1. The van der Waals surface area contributed by atoms with Gasteiger partial charge in [-0.1, -0.05) is 26.2 Å². The molecule has 0 amide bonds. The molecule has 1 aliphatic heterocycles. The molecule has 2 unspecified atom stereocenters. The van der Waals surface area contributed by atoms with Gasteiger partial charge in [-0.25, -0.2) is 0 Å². The van der Waals surface area contributed by atoms with Crippen molar-refractivity contribution in [1.82, 2.24) is 4.90 Å². The number of nitrogens with zero attached hydrogens (tertiary/aromatic N) is 1. The van der Waals surface area contributed by atoms with Gasteiger partial charge in [-0.3, -0.25) is 4.90 Å². The minimum Gasteiger partial charge on any atom is -0.370 e. The zero-order chi connectivity index (χ0) is 12.9. The fourth-order valence-electron chi connectivity index (χ4n) is 2.86. The molecule has 3 nitrogen and oxygen atoms in total. The number of hydrogen-bond donors (Lipinski definition) is 1. The molecule has 1 fully saturated rings. The number of hydrogen-bond acceptors (Lipinski definition) is 3. The van der Waals surface area contributed by atoms with Crippen molar-refractivity contribution in [3.8, 4) is 0 Å². The number of morpholine rings is 1. The summed E-state index contributed by atoms with van der Waals surface area (Å²) in [6, 6.07) is 0.534. The van der Waals surface area contributed by atoms with E-state index in [1.165, 1.54) is 25.7 Å². The molecule has 1 rings (SSSR count). The molecule has 2 N–H and O–H groups in total. The van der Waals surface area contributed by atoms with E-state index < -0.39 is 0 Å². The first kappa shape index (κ1) is 14.9. The van der Waals surface area contributed by atoms with Crippen molar-refractivity contribution in [3.05, 3.63) is 0 Å². The maximum Gasteiger partial charge on any atom is 0.0757 e. The summed E-state index contributed by atoms with van der Waals surface area (Å²) >= 11 is 0. The number of ether oxygens (including phenoxy) is 1. The smallest absolute Gasteiger partial charge is 0.0757 e. The maximum atomic E-state index is 5.94. The normalized spacial score (nSPS) is 27.0. The highest BCUT2D eigenvalue weighted by atomic mass is 16.5. The molecule has 3 heteroatoms. The summed E-state index contributed by atoms with van der Waals surface area (Å²) in [6.45, 7) is 11.6. The van der Waals surface area contributed by atoms with Gasteiger partial charge >= 0.3 is 0 Å². The van der Waals surface area contributed by atoms with Crippen LogP contribution in [0.2, 0.25) is 0 Å². The first-order valence-electron chi connectivity index (χ1n) is 7.10. The zero-order valence-electron chi connectivity index (χ0n) is 12.0. The number of unbranched alkanes of at least 4 members (excludes halogenated alkanes) is 2. The molecule has 0 saturated carbocycles. The lowest BCUT2D eigenvalue weighted by atomic mass is 10.0. The Labute approximate surface area is 107 Å². The van der Waals surface area contributed by atoms with Crippen LogP contribution < -0.4 is 5.73 Å². The Morgan fingerprint density at radius 1 is 1.41 bits per heavy atom. The number of rotatable bonds is 6. The van der Waals surface area contributed by atoms with E-state index in [9.17, 15) is 0 Å². The van der Waals surface area contributed by atoms with Gasteiger partial charge in [0.25, 0.3) is 0 Å². The van der Waals surface area contributed by atoms with Gasteiger partial charge in [0, 0.05) is 25.7 Å². The summed E-state index contributed by atoms with van der Waals surface area (Å²) in [7, 11) is 0. The van der Waals surface area contributed by atoms with Gasteiger partial charge in [0.05, 0.1) is 11.7 Å². The molecule has 1 aliphatic rings. The summed E-state index contributed by atoms with van der Waals surface area (Å²) in [5, 5.41) is 0. The predicted octanol–water partition coefficient (Wildman–Crippen LogP) is 2.39. The van der Waals surface area contributed by atoms with Gasteiger partial charge in [-0.05, 0) is 27.2 Å². The topological polar surface area (TPSA) is 38.5 Å². The third kappa shape index (κ3) is 4.94. The third-order valence-electron chi connectivity index (χ3n) is 3.53. The third-order valence-corrected chi connectivity index (χ3v) is 3.53. The van der Waals surface area contributed by atoms with Crippen LogP contribution in [0.25, 0.3) is 0 Å². The van der Waals surface area contributed by atoms with E-state index >= 15 is 0 Å². The predicted molar refractivity (Wildman–Crippen MR) is 73.2 cm³/mol. The molecule has 1 heterocycles. The summed E-state index contributed by atoms with van der Waals surface area (Å²) in [4.78, 5) is 2.53. The standard InChI is InChI=1S/C14H30N2O/c1-5-6-7-8-13(9-15)16-10-12(2)17-14(3,4)11-16/h12-13H,5-11,15H2,1-4H3. The summed E-state index contributed by atoms with van der Waals surface area (Å²) in [5.74, 6) is 0. The van der Waals surface area contributed by atoms with Crippen LogP contribution in [0.1, 0.15) is 53.4 Å². The fraction of sp³-hybridized carbons (Fsp3) is 1.00. The molecule has 0 aromatic carbocycles. The van der Waals surface area contributed by atoms with Crippen molar-refractivity contribution in [3.63, 3.8) is 0 Å². The van der Waals surface area contributed by atoms with Gasteiger partial charge in [-0.2, -0.15) is 0 Å². The van der Waals surface area contributed by atoms with Gasteiger partial charge in [0.2, 0.25) is 0 Å². The molecule has 2 atom stereocenters. The van der Waals surface area contributed by atoms with Crippen LogP contribution in [0.5, 0.6) is 0 Å². The minimum absolute atomic E-state index is 0.0319. The molecular formula is C14H30N2O. The molecule has 0 aromatic heterocycles. The average molecular weight is 242 g/mol. The first-order chi connectivity index (χ1) is 7.98. The van der Waals surface area contributed by atoms with E-state index in [-0.39, 0.29) is 5.60 Å². The van der Waals surface area contributed by atoms with Crippen LogP contribution in [0, 0.1) is 0 Å². The van der Waals surface area contributed by atoms with E-state index in [0.717, 1.165) is 19.6 Å². The van der Waals surface area contributed by atoms with E-state index in [2.05, 4.69) is 32.6 Å². The van der Waals surface area contributed by atoms with Crippen LogP contribution in [0.3, 0.4) is 0 Å². The monoisotopic (exact) mass is 242 g/mol. The molecular weight excluding hydrogens is 212 g/mol. The molecule has 0 aromatic rings. The van der Waals surface area contributed by atoms with Crippen molar-refractivity contribution in [2.75, 3.05) is 19.6 Å². The van der Waals surface area contributed by atoms with E-state index in [1.54, 1.807) is 0 Å². The van der Waals surface area contributed by atoms with Crippen molar-refractivity contribution in [1.29, 1.82) is 0 Å². The van der Waals surface area contributed by atoms with E-state index in [1.807, 2.05) is 0 Å². The second-order valence-corrected chi connectivity index (χ2v) is 6.00. The quantitative estimate of drug-likeness (QED) is 0.727. The largest absolute Gasteiger partial charge is 0.370 e. The van der Waals surface area contributed by atoms with Gasteiger partial charge in [0.1, 0.15) is 0 Å². The van der Waals surface area contributed by atoms with Crippen molar-refractivity contribution in [2.45, 2.75) is 71.1 Å². The summed E-state index contributed by atoms with van der Waals surface area (Å²) in [5.41, 5.74) is 5.91. The van der Waals surface area contributed by atoms with Crippen molar-refractivity contribution < 1.29 is 4.74 Å². The zero-order valence-corrected chi connectivity index (χ0v) is 12.0. The molecule has 17 heavy (non-hydrogen) atoms. The lowest BCUT2D eigenvalue weighted by Gasteiger charge is -2.45. The highest BCUT2D eigenvalue weighted by molar-refractivity contribution is 4.86. The molecule has 0 radical (unpaired) electrons. The lowest BCUT2D eigenvalue weighted by Crippen LogP contribution is -2.56. The Kier molecular flexibility index (Phi) is 5.90. The van der Waals surface area contributed by atoms with E-state index in [4.69, 9.17) is 10.5 Å². The molecule has 0 aliphatic carbocycles.